The van der Waals surface area contributed by atoms with Gasteiger partial charge in [-0.15, -0.1) is 0 Å². The van der Waals surface area contributed by atoms with Crippen molar-refractivity contribution in [2.75, 3.05) is 7.05 Å². The highest BCUT2D eigenvalue weighted by atomic mass is 16.4. The molecule has 1 N–H and O–H groups in total. The molecule has 0 bridgehead atoms. The normalized spacial score (nSPS) is 23.1. The first-order valence-corrected chi connectivity index (χ1v) is 7.54. The summed E-state index contributed by atoms with van der Waals surface area (Å²) < 4.78 is 0. The summed E-state index contributed by atoms with van der Waals surface area (Å²) in [6, 6.07) is 0.245. The third-order valence-electron chi connectivity index (χ3n) is 4.23. The summed E-state index contributed by atoms with van der Waals surface area (Å²) in [6.45, 7) is 2.16. The van der Waals surface area contributed by atoms with E-state index in [0.717, 1.165) is 25.7 Å². The molecule has 4 heteroatoms. The number of amides is 1. The van der Waals surface area contributed by atoms with Crippen LogP contribution in [0.4, 0.5) is 0 Å². The van der Waals surface area contributed by atoms with E-state index < -0.39 is 5.97 Å². The quantitative estimate of drug-likeness (QED) is 0.723. The van der Waals surface area contributed by atoms with E-state index in [9.17, 15) is 9.59 Å². The van der Waals surface area contributed by atoms with Crippen molar-refractivity contribution in [1.29, 1.82) is 0 Å². The smallest absolute Gasteiger partial charge is 0.306 e. The number of carbonyl (C=O) groups excluding carboxylic acids is 1. The van der Waals surface area contributed by atoms with Crippen LogP contribution in [0, 0.1) is 5.92 Å². The summed E-state index contributed by atoms with van der Waals surface area (Å²) >= 11 is 0. The van der Waals surface area contributed by atoms with Crippen LogP contribution in [0.15, 0.2) is 0 Å². The van der Waals surface area contributed by atoms with Crippen molar-refractivity contribution in [2.45, 2.75) is 70.8 Å². The number of carboxylic acid groups (broad SMARTS) is 1. The fraction of sp³-hybridized carbons (Fsp3) is 0.867. The first-order chi connectivity index (χ1) is 9.06. The number of unbranched alkanes of at least 4 members (excludes halogenated alkanes) is 3. The van der Waals surface area contributed by atoms with E-state index in [2.05, 4.69) is 6.92 Å². The number of nitrogens with zero attached hydrogens (tertiary/aromatic N) is 1. The maximum absolute atomic E-state index is 12.0. The molecule has 1 saturated carbocycles. The third kappa shape index (κ3) is 5.21. The predicted molar refractivity (Wildman–Crippen MR) is 74.9 cm³/mol. The molecule has 4 nitrogen and oxygen atoms in total. The molecule has 0 unspecified atom stereocenters. The van der Waals surface area contributed by atoms with Crippen molar-refractivity contribution in [1.82, 2.24) is 4.90 Å². The number of aliphatic carboxylic acids is 1. The summed E-state index contributed by atoms with van der Waals surface area (Å²) in [5, 5.41) is 8.96. The fourth-order valence-electron chi connectivity index (χ4n) is 2.79. The van der Waals surface area contributed by atoms with Crippen LogP contribution in [0.1, 0.15) is 64.7 Å². The van der Waals surface area contributed by atoms with Crippen LogP contribution in [0.25, 0.3) is 0 Å². The van der Waals surface area contributed by atoms with Gasteiger partial charge in [0.25, 0.3) is 0 Å². The van der Waals surface area contributed by atoms with Gasteiger partial charge < -0.3 is 10.0 Å². The van der Waals surface area contributed by atoms with E-state index in [-0.39, 0.29) is 17.9 Å². The zero-order chi connectivity index (χ0) is 14.3. The van der Waals surface area contributed by atoms with Crippen molar-refractivity contribution in [3.05, 3.63) is 0 Å². The lowest BCUT2D eigenvalue weighted by Crippen LogP contribution is -2.40. The molecule has 0 aliphatic heterocycles. The highest BCUT2D eigenvalue weighted by Gasteiger charge is 2.29. The second-order valence-corrected chi connectivity index (χ2v) is 5.66. The maximum Gasteiger partial charge on any atom is 0.306 e. The molecule has 0 spiro atoms. The first kappa shape index (κ1) is 16.0. The second kappa shape index (κ2) is 8.18. The minimum absolute atomic E-state index is 0.204. The Morgan fingerprint density at radius 2 is 1.74 bits per heavy atom. The number of carbonyl (C=O) groups is 2. The van der Waals surface area contributed by atoms with Crippen LogP contribution in [0.5, 0.6) is 0 Å². The molecule has 0 heterocycles. The Morgan fingerprint density at radius 3 is 2.26 bits per heavy atom. The van der Waals surface area contributed by atoms with Crippen LogP contribution < -0.4 is 0 Å². The molecule has 0 aromatic carbocycles. The van der Waals surface area contributed by atoms with Crippen molar-refractivity contribution in [3.63, 3.8) is 0 Å². The average Bonchev–Trinajstić information content (AvgIpc) is 2.42. The molecule has 0 saturated heterocycles. The minimum atomic E-state index is -0.688. The molecule has 0 aromatic heterocycles. The van der Waals surface area contributed by atoms with Gasteiger partial charge in [-0.05, 0) is 32.1 Å². The summed E-state index contributed by atoms with van der Waals surface area (Å²) in [5.74, 6) is -0.675. The van der Waals surface area contributed by atoms with Gasteiger partial charge in [-0.1, -0.05) is 26.2 Å². The Bertz CT molecular complexity index is 296. The molecule has 1 fully saturated rings. The van der Waals surface area contributed by atoms with E-state index >= 15 is 0 Å². The van der Waals surface area contributed by atoms with E-state index in [1.165, 1.54) is 12.8 Å². The van der Waals surface area contributed by atoms with Crippen molar-refractivity contribution >= 4 is 11.9 Å². The van der Waals surface area contributed by atoms with Crippen LogP contribution >= 0.6 is 0 Å². The molecule has 1 aliphatic carbocycles. The zero-order valence-corrected chi connectivity index (χ0v) is 12.2. The van der Waals surface area contributed by atoms with Crippen LogP contribution in [-0.2, 0) is 9.59 Å². The Labute approximate surface area is 116 Å². The summed E-state index contributed by atoms with van der Waals surface area (Å²) in [5.41, 5.74) is 0. The van der Waals surface area contributed by atoms with Gasteiger partial charge >= 0.3 is 5.97 Å². The topological polar surface area (TPSA) is 57.6 Å². The molecule has 0 aromatic rings. The number of rotatable bonds is 7. The first-order valence-electron chi connectivity index (χ1n) is 7.54. The molecule has 0 atom stereocenters. The molecule has 1 rings (SSSR count). The Kier molecular flexibility index (Phi) is 6.89. The molecule has 1 aliphatic rings. The third-order valence-corrected chi connectivity index (χ3v) is 4.23. The van der Waals surface area contributed by atoms with Crippen molar-refractivity contribution < 1.29 is 14.7 Å². The predicted octanol–water partition coefficient (Wildman–Crippen LogP) is 3.06. The highest BCUT2D eigenvalue weighted by molar-refractivity contribution is 5.76. The van der Waals surface area contributed by atoms with Crippen LogP contribution in [0.2, 0.25) is 0 Å². The van der Waals surface area contributed by atoms with Crippen molar-refractivity contribution in [3.8, 4) is 0 Å². The standard InChI is InChI=1S/C15H27NO3/c1-3-4-5-6-7-14(17)16(2)13-10-8-12(9-11-13)15(18)19/h12-13H,3-11H2,1-2H3,(H,18,19). The lowest BCUT2D eigenvalue weighted by Gasteiger charge is -2.33. The number of hydrogen-bond acceptors (Lipinski definition) is 2. The number of carboxylic acids is 1. The van der Waals surface area contributed by atoms with Gasteiger partial charge in [-0.3, -0.25) is 9.59 Å². The number of hydrogen-bond donors (Lipinski definition) is 1. The fourth-order valence-corrected chi connectivity index (χ4v) is 2.79. The Balaban J connectivity index is 2.27. The summed E-state index contributed by atoms with van der Waals surface area (Å²) in [6.07, 6.45) is 8.17. The lowest BCUT2D eigenvalue weighted by molar-refractivity contribution is -0.143. The lowest BCUT2D eigenvalue weighted by atomic mass is 9.85. The van der Waals surface area contributed by atoms with Gasteiger partial charge in [0.1, 0.15) is 0 Å². The average molecular weight is 269 g/mol. The largest absolute Gasteiger partial charge is 0.481 e. The minimum Gasteiger partial charge on any atom is -0.481 e. The molecule has 19 heavy (non-hydrogen) atoms. The van der Waals surface area contributed by atoms with Gasteiger partial charge in [0.15, 0.2) is 0 Å². The summed E-state index contributed by atoms with van der Waals surface area (Å²) in [7, 11) is 1.87. The highest BCUT2D eigenvalue weighted by Crippen LogP contribution is 2.27. The molecular formula is C15H27NO3. The van der Waals surface area contributed by atoms with Gasteiger partial charge in [0.2, 0.25) is 5.91 Å². The molecule has 1 amide bonds. The molecule has 0 radical (unpaired) electrons. The SMILES string of the molecule is CCCCCCC(=O)N(C)C1CCC(C(=O)O)CC1. The monoisotopic (exact) mass is 269 g/mol. The van der Waals surface area contributed by atoms with Crippen LogP contribution in [-0.4, -0.2) is 35.0 Å². The van der Waals surface area contributed by atoms with E-state index in [4.69, 9.17) is 5.11 Å². The van der Waals surface area contributed by atoms with E-state index in [0.29, 0.717) is 19.3 Å². The van der Waals surface area contributed by atoms with Crippen LogP contribution in [0.3, 0.4) is 0 Å². The Hall–Kier alpha value is -1.06. The molecular weight excluding hydrogens is 242 g/mol. The van der Waals surface area contributed by atoms with Gasteiger partial charge in [-0.25, -0.2) is 0 Å². The molecule has 110 valence electrons. The van der Waals surface area contributed by atoms with Gasteiger partial charge in [0.05, 0.1) is 5.92 Å². The van der Waals surface area contributed by atoms with Gasteiger partial charge in [0, 0.05) is 19.5 Å². The Morgan fingerprint density at radius 1 is 1.11 bits per heavy atom. The van der Waals surface area contributed by atoms with Gasteiger partial charge in [-0.2, -0.15) is 0 Å². The second-order valence-electron chi connectivity index (χ2n) is 5.66. The van der Waals surface area contributed by atoms with Crippen molar-refractivity contribution in [2.24, 2.45) is 5.92 Å². The zero-order valence-electron chi connectivity index (χ0n) is 12.2. The summed E-state index contributed by atoms with van der Waals surface area (Å²) in [4.78, 5) is 24.8. The maximum atomic E-state index is 12.0. The van der Waals surface area contributed by atoms with E-state index in [1.807, 2.05) is 11.9 Å². The van der Waals surface area contributed by atoms with E-state index in [1.54, 1.807) is 0 Å².